The predicted molar refractivity (Wildman–Crippen MR) is 130 cm³/mol. The summed E-state index contributed by atoms with van der Waals surface area (Å²) in [6.45, 7) is 6.60. The molecule has 8 heteroatoms. The van der Waals surface area contributed by atoms with Crippen LogP contribution in [0.2, 0.25) is 0 Å². The summed E-state index contributed by atoms with van der Waals surface area (Å²) in [4.78, 5) is 26.3. The molecule has 0 aliphatic carbocycles. The van der Waals surface area contributed by atoms with E-state index in [0.717, 1.165) is 21.8 Å². The second-order valence-corrected chi connectivity index (χ2v) is 8.63. The molecule has 2 aromatic carbocycles. The van der Waals surface area contributed by atoms with Crippen LogP contribution < -0.4 is 15.0 Å². The van der Waals surface area contributed by atoms with Crippen LogP contribution in [0.5, 0.6) is 5.75 Å². The van der Waals surface area contributed by atoms with Crippen LogP contribution in [-0.4, -0.2) is 54.1 Å². The smallest absolute Gasteiger partial charge is 0.255 e. The van der Waals surface area contributed by atoms with Crippen molar-refractivity contribution in [1.29, 1.82) is 0 Å². The number of piperazine rings is 1. The molecule has 1 saturated heterocycles. The number of carbonyl (C=O) groups is 1. The summed E-state index contributed by atoms with van der Waals surface area (Å²) in [5.74, 6) is 2.99. The SMILES string of the molecule is COc1ccc(Br)c(C(=O)N2CCN(c3cc(Nc4ccc(C)cc4)nc(C)n3)CC2)c1. The number of hydrogen-bond acceptors (Lipinski definition) is 6. The molecule has 2 heterocycles. The first-order valence-corrected chi connectivity index (χ1v) is 11.3. The third-order valence-corrected chi connectivity index (χ3v) is 6.13. The molecule has 0 atom stereocenters. The number of halogens is 1. The topological polar surface area (TPSA) is 70.6 Å². The Bertz CT molecular complexity index is 1110. The van der Waals surface area contributed by atoms with Crippen LogP contribution in [0.1, 0.15) is 21.7 Å². The maximum absolute atomic E-state index is 13.1. The molecule has 0 spiro atoms. The van der Waals surface area contributed by atoms with Crippen molar-refractivity contribution < 1.29 is 9.53 Å². The highest BCUT2D eigenvalue weighted by Crippen LogP contribution is 2.25. The minimum absolute atomic E-state index is 0.00369. The molecular formula is C24H26BrN5O2. The van der Waals surface area contributed by atoms with Crippen molar-refractivity contribution in [3.8, 4) is 5.75 Å². The van der Waals surface area contributed by atoms with E-state index >= 15 is 0 Å². The molecule has 4 rings (SSSR count). The number of methoxy groups -OCH3 is 1. The third-order valence-electron chi connectivity index (χ3n) is 5.44. The first-order chi connectivity index (χ1) is 15.4. The zero-order valence-corrected chi connectivity index (χ0v) is 20.0. The van der Waals surface area contributed by atoms with E-state index in [2.05, 4.69) is 55.2 Å². The molecule has 0 bridgehead atoms. The zero-order chi connectivity index (χ0) is 22.7. The summed E-state index contributed by atoms with van der Waals surface area (Å²) in [6.07, 6.45) is 0. The van der Waals surface area contributed by atoms with E-state index in [0.29, 0.717) is 43.3 Å². The van der Waals surface area contributed by atoms with Gasteiger partial charge in [-0.25, -0.2) is 9.97 Å². The molecular weight excluding hydrogens is 470 g/mol. The van der Waals surface area contributed by atoms with Crippen LogP contribution >= 0.6 is 15.9 Å². The number of ether oxygens (including phenoxy) is 1. The van der Waals surface area contributed by atoms with Gasteiger partial charge in [-0.15, -0.1) is 0 Å². The van der Waals surface area contributed by atoms with E-state index < -0.39 is 0 Å². The van der Waals surface area contributed by atoms with Crippen molar-refractivity contribution in [2.45, 2.75) is 13.8 Å². The zero-order valence-electron chi connectivity index (χ0n) is 18.4. The number of nitrogens with one attached hydrogen (secondary N) is 1. The number of aryl methyl sites for hydroxylation is 2. The van der Waals surface area contributed by atoms with Crippen LogP contribution in [0.25, 0.3) is 0 Å². The van der Waals surface area contributed by atoms with Crippen molar-refractivity contribution in [3.63, 3.8) is 0 Å². The summed E-state index contributed by atoms with van der Waals surface area (Å²) >= 11 is 3.49. The molecule has 1 aliphatic heterocycles. The average Bonchev–Trinajstić information content (AvgIpc) is 2.80. The van der Waals surface area contributed by atoms with Crippen molar-refractivity contribution >= 4 is 39.2 Å². The normalized spacial score (nSPS) is 13.8. The molecule has 1 aromatic heterocycles. The van der Waals surface area contributed by atoms with Gasteiger partial charge in [0.1, 0.15) is 23.2 Å². The monoisotopic (exact) mass is 495 g/mol. The largest absolute Gasteiger partial charge is 0.497 e. The summed E-state index contributed by atoms with van der Waals surface area (Å²) in [7, 11) is 1.60. The Kier molecular flexibility index (Phi) is 6.60. The van der Waals surface area contributed by atoms with E-state index in [1.165, 1.54) is 5.56 Å². The number of aromatic nitrogens is 2. The van der Waals surface area contributed by atoms with Gasteiger partial charge in [0.25, 0.3) is 5.91 Å². The second kappa shape index (κ2) is 9.56. The molecule has 3 aromatic rings. The summed E-state index contributed by atoms with van der Waals surface area (Å²) in [5, 5.41) is 3.36. The molecule has 1 aliphatic rings. The van der Waals surface area contributed by atoms with E-state index in [1.54, 1.807) is 13.2 Å². The van der Waals surface area contributed by atoms with Crippen molar-refractivity contribution in [2.24, 2.45) is 0 Å². The Labute approximate surface area is 196 Å². The van der Waals surface area contributed by atoms with Crippen LogP contribution in [0.3, 0.4) is 0 Å². The minimum Gasteiger partial charge on any atom is -0.497 e. The van der Waals surface area contributed by atoms with Gasteiger partial charge in [0, 0.05) is 42.4 Å². The maximum atomic E-state index is 13.1. The molecule has 7 nitrogen and oxygen atoms in total. The first-order valence-electron chi connectivity index (χ1n) is 10.5. The fraction of sp³-hybridized carbons (Fsp3) is 0.292. The fourth-order valence-corrected chi connectivity index (χ4v) is 4.08. The summed E-state index contributed by atoms with van der Waals surface area (Å²) in [5.41, 5.74) is 2.81. The highest BCUT2D eigenvalue weighted by molar-refractivity contribution is 9.10. The molecule has 32 heavy (non-hydrogen) atoms. The number of amides is 1. The number of rotatable bonds is 5. The van der Waals surface area contributed by atoms with Gasteiger partial charge in [-0.2, -0.15) is 0 Å². The first kappa shape index (κ1) is 22.1. The van der Waals surface area contributed by atoms with Gasteiger partial charge < -0.3 is 19.9 Å². The fourth-order valence-electron chi connectivity index (χ4n) is 3.67. The predicted octanol–water partition coefficient (Wildman–Crippen LogP) is 4.57. The van der Waals surface area contributed by atoms with Gasteiger partial charge in [-0.1, -0.05) is 17.7 Å². The van der Waals surface area contributed by atoms with Crippen LogP contribution in [0.15, 0.2) is 53.0 Å². The van der Waals surface area contributed by atoms with Crippen molar-refractivity contribution in [3.05, 3.63) is 70.0 Å². The van der Waals surface area contributed by atoms with Gasteiger partial charge in [-0.3, -0.25) is 4.79 Å². The van der Waals surface area contributed by atoms with Gasteiger partial charge in [0.05, 0.1) is 12.7 Å². The lowest BCUT2D eigenvalue weighted by molar-refractivity contribution is 0.0745. The number of carbonyl (C=O) groups excluding carboxylic acids is 1. The van der Waals surface area contributed by atoms with E-state index in [-0.39, 0.29) is 5.91 Å². The Balaban J connectivity index is 1.44. The maximum Gasteiger partial charge on any atom is 0.255 e. The Morgan fingerprint density at radius 2 is 1.72 bits per heavy atom. The lowest BCUT2D eigenvalue weighted by Gasteiger charge is -2.35. The van der Waals surface area contributed by atoms with Crippen LogP contribution in [0.4, 0.5) is 17.3 Å². The lowest BCUT2D eigenvalue weighted by Crippen LogP contribution is -2.49. The third kappa shape index (κ3) is 5.02. The molecule has 0 unspecified atom stereocenters. The lowest BCUT2D eigenvalue weighted by atomic mass is 10.1. The highest BCUT2D eigenvalue weighted by atomic mass is 79.9. The highest BCUT2D eigenvalue weighted by Gasteiger charge is 2.25. The van der Waals surface area contributed by atoms with Gasteiger partial charge in [0.15, 0.2) is 0 Å². The van der Waals surface area contributed by atoms with Crippen molar-refractivity contribution in [1.82, 2.24) is 14.9 Å². The minimum atomic E-state index is -0.00369. The Hall–Kier alpha value is -3.13. The molecule has 166 valence electrons. The molecule has 1 amide bonds. The molecule has 1 fully saturated rings. The standard InChI is InChI=1S/C24H26BrN5O2/c1-16-4-6-18(7-5-16)28-22-15-23(27-17(2)26-22)29-10-12-30(13-11-29)24(31)20-14-19(32-3)8-9-21(20)25/h4-9,14-15H,10-13H2,1-3H3,(H,26,27,28). The quantitative estimate of drug-likeness (QED) is 0.558. The summed E-state index contributed by atoms with van der Waals surface area (Å²) < 4.78 is 6.04. The average molecular weight is 496 g/mol. The molecule has 1 N–H and O–H groups in total. The Morgan fingerprint density at radius 1 is 1.00 bits per heavy atom. The number of hydrogen-bond donors (Lipinski definition) is 1. The molecule has 0 saturated carbocycles. The van der Waals surface area contributed by atoms with Gasteiger partial charge in [-0.05, 0) is 60.1 Å². The van der Waals surface area contributed by atoms with Gasteiger partial charge >= 0.3 is 0 Å². The van der Waals surface area contributed by atoms with Gasteiger partial charge in [0.2, 0.25) is 0 Å². The second-order valence-electron chi connectivity index (χ2n) is 7.77. The van der Waals surface area contributed by atoms with E-state index in [9.17, 15) is 4.79 Å². The van der Waals surface area contributed by atoms with Crippen molar-refractivity contribution in [2.75, 3.05) is 43.5 Å². The number of anilines is 3. The summed E-state index contributed by atoms with van der Waals surface area (Å²) in [6, 6.07) is 15.6. The van der Waals surface area contributed by atoms with E-state index in [4.69, 9.17) is 4.74 Å². The van der Waals surface area contributed by atoms with E-state index in [1.807, 2.05) is 42.2 Å². The molecule has 0 radical (unpaired) electrons. The van der Waals surface area contributed by atoms with Crippen LogP contribution in [0, 0.1) is 13.8 Å². The Morgan fingerprint density at radius 3 is 2.41 bits per heavy atom. The van der Waals surface area contributed by atoms with Crippen LogP contribution in [-0.2, 0) is 0 Å². The number of nitrogens with zero attached hydrogens (tertiary/aromatic N) is 4. The number of benzene rings is 2.